The maximum absolute atomic E-state index is 12.8. The molecule has 0 heterocycles. The monoisotopic (exact) mass is 378 g/mol. The molecule has 0 aromatic rings. The fraction of sp³-hybridized carbons (Fsp3) is 0.857. The maximum atomic E-state index is 12.8. The molecule has 3 nitrogen and oxygen atoms in total. The Labute approximate surface area is 116 Å². The van der Waals surface area contributed by atoms with Gasteiger partial charge in [0.05, 0.1) is 0 Å². The van der Waals surface area contributed by atoms with E-state index in [1.807, 2.05) is 0 Å². The third-order valence-corrected chi connectivity index (χ3v) is 2.35. The highest BCUT2D eigenvalue weighted by Crippen LogP contribution is 2.60. The molecular weight excluding hydrogens is 375 g/mol. The van der Waals surface area contributed by atoms with Gasteiger partial charge in [-0.15, -0.1) is 0 Å². The van der Waals surface area contributed by atoms with Gasteiger partial charge in [-0.1, -0.05) is 0 Å². The van der Waals surface area contributed by atoms with Crippen LogP contribution in [0, 0.1) is 0 Å². The third-order valence-electron chi connectivity index (χ3n) is 2.35. The molecule has 0 atom stereocenters. The molecule has 0 unspecified atom stereocenters. The first-order chi connectivity index (χ1) is 9.73. The number of nitrogens with one attached hydrogen (secondary N) is 1. The second kappa shape index (κ2) is 5.27. The quantitative estimate of drug-likeness (QED) is 0.335. The zero-order valence-corrected chi connectivity index (χ0v) is 9.90. The molecule has 1 amide bonds. The summed E-state index contributed by atoms with van der Waals surface area (Å²) in [6, 6.07) is 0. The summed E-state index contributed by atoms with van der Waals surface area (Å²) in [4.78, 5) is 10.2. The highest BCUT2D eigenvalue weighted by atomic mass is 19.4. The van der Waals surface area contributed by atoms with E-state index in [9.17, 15) is 61.9 Å². The van der Waals surface area contributed by atoms with Gasteiger partial charge < -0.3 is 0 Å². The molecule has 0 aromatic carbocycles. The number of carbonyl (C=O) groups is 1. The Morgan fingerprint density at radius 3 is 1.17 bits per heavy atom. The van der Waals surface area contributed by atoms with Crippen LogP contribution in [0.25, 0.3) is 0 Å². The number of carbonyl (C=O) groups excluding carboxylic acids is 1. The van der Waals surface area contributed by atoms with Crippen LogP contribution in [0.5, 0.6) is 0 Å². The van der Waals surface area contributed by atoms with Crippen LogP contribution in [-0.4, -0.2) is 41.7 Å². The third kappa shape index (κ3) is 2.65. The van der Waals surface area contributed by atoms with Gasteiger partial charge in [-0.05, 0) is 0 Å². The fourth-order valence-corrected chi connectivity index (χ4v) is 1.00. The van der Waals surface area contributed by atoms with Crippen LogP contribution in [-0.2, 0) is 4.79 Å². The minimum absolute atomic E-state index is 0.147. The number of hydrogen-bond donors (Lipinski definition) is 2. The Balaban J connectivity index is 6.30. The lowest BCUT2D eigenvalue weighted by molar-refractivity contribution is -0.436. The number of hydrazine groups is 1. The number of hydrogen-bond acceptors (Lipinski definition) is 2. The second-order valence-electron chi connectivity index (χ2n) is 3.84. The van der Waals surface area contributed by atoms with E-state index >= 15 is 0 Å². The lowest BCUT2D eigenvalue weighted by atomic mass is 9.93. The molecule has 0 aliphatic carbocycles. The average Bonchev–Trinajstić information content (AvgIpc) is 2.35. The summed E-state index contributed by atoms with van der Waals surface area (Å²) in [6.45, 7) is 0. The molecule has 138 valence electrons. The molecule has 0 fully saturated rings. The summed E-state index contributed by atoms with van der Waals surface area (Å²) >= 11 is 0. The van der Waals surface area contributed by atoms with Crippen molar-refractivity contribution in [1.82, 2.24) is 5.43 Å². The zero-order valence-electron chi connectivity index (χ0n) is 9.90. The van der Waals surface area contributed by atoms with Crippen molar-refractivity contribution in [2.75, 3.05) is 0 Å². The lowest BCUT2D eigenvalue weighted by Gasteiger charge is -2.39. The van der Waals surface area contributed by atoms with Crippen molar-refractivity contribution in [2.45, 2.75) is 35.8 Å². The van der Waals surface area contributed by atoms with E-state index in [2.05, 4.69) is 5.84 Å². The first-order valence-electron chi connectivity index (χ1n) is 4.70. The largest absolute Gasteiger partial charge is 0.460 e. The molecule has 16 heteroatoms. The standard InChI is InChI=1S/C7H3F13N2O/c8-2(9,1(23)22-21)3(10,11)4(12,13)5(14,15)6(16,17)7(18,19)20/h21H2,(H,22,23). The second-order valence-corrected chi connectivity index (χ2v) is 3.84. The summed E-state index contributed by atoms with van der Waals surface area (Å²) in [5.74, 6) is -38.0. The minimum Gasteiger partial charge on any atom is -0.289 e. The molecule has 23 heavy (non-hydrogen) atoms. The molecule has 0 saturated carbocycles. The predicted octanol–water partition coefficient (Wildman–Crippen LogP) is 2.72. The van der Waals surface area contributed by atoms with Crippen molar-refractivity contribution >= 4 is 5.91 Å². The SMILES string of the molecule is NNC(=O)C(F)(F)C(F)(F)C(F)(F)C(F)(F)C(F)(F)C(F)(F)F. The minimum atomic E-state index is -8.04. The van der Waals surface area contributed by atoms with Gasteiger partial charge >= 0.3 is 41.7 Å². The van der Waals surface area contributed by atoms with Crippen LogP contribution < -0.4 is 11.3 Å². The number of amides is 1. The van der Waals surface area contributed by atoms with Crippen LogP contribution >= 0.6 is 0 Å². The molecule has 0 aromatic heterocycles. The van der Waals surface area contributed by atoms with Crippen LogP contribution in [0.1, 0.15) is 0 Å². The number of alkyl halides is 13. The fourth-order valence-electron chi connectivity index (χ4n) is 1.00. The summed E-state index contributed by atoms with van der Waals surface area (Å²) in [5, 5.41) is 0. The molecule has 0 rings (SSSR count). The molecular formula is C7H3F13N2O. The average molecular weight is 378 g/mol. The van der Waals surface area contributed by atoms with E-state index < -0.39 is 41.7 Å². The van der Waals surface area contributed by atoms with Crippen LogP contribution in [0.15, 0.2) is 0 Å². The van der Waals surface area contributed by atoms with Crippen LogP contribution in [0.3, 0.4) is 0 Å². The lowest BCUT2D eigenvalue weighted by Crippen LogP contribution is -2.72. The first-order valence-corrected chi connectivity index (χ1v) is 4.70. The molecule has 0 aliphatic heterocycles. The Morgan fingerprint density at radius 1 is 0.609 bits per heavy atom. The van der Waals surface area contributed by atoms with Gasteiger partial charge in [0, 0.05) is 0 Å². The van der Waals surface area contributed by atoms with E-state index in [1.54, 1.807) is 0 Å². The summed E-state index contributed by atoms with van der Waals surface area (Å²) in [6.07, 6.45) is -7.50. The Kier molecular flexibility index (Phi) is 4.93. The Morgan fingerprint density at radius 2 is 0.913 bits per heavy atom. The highest BCUT2D eigenvalue weighted by molar-refractivity contribution is 5.84. The van der Waals surface area contributed by atoms with Gasteiger partial charge in [0.1, 0.15) is 0 Å². The number of nitrogens with two attached hydrogens (primary N) is 1. The summed E-state index contributed by atoms with van der Waals surface area (Å²) < 4.78 is 162. The topological polar surface area (TPSA) is 55.1 Å². The van der Waals surface area contributed by atoms with E-state index in [1.165, 1.54) is 0 Å². The van der Waals surface area contributed by atoms with Gasteiger partial charge in [-0.3, -0.25) is 10.2 Å². The summed E-state index contributed by atoms with van der Waals surface area (Å²) in [5.41, 5.74) is 0.147. The normalized spacial score (nSPS) is 15.6. The van der Waals surface area contributed by atoms with Crippen molar-refractivity contribution in [2.24, 2.45) is 5.84 Å². The van der Waals surface area contributed by atoms with Crippen molar-refractivity contribution in [3.05, 3.63) is 0 Å². The van der Waals surface area contributed by atoms with Gasteiger partial charge in [-0.2, -0.15) is 57.1 Å². The number of rotatable bonds is 5. The van der Waals surface area contributed by atoms with E-state index in [0.717, 1.165) is 0 Å². The van der Waals surface area contributed by atoms with Crippen molar-refractivity contribution in [3.63, 3.8) is 0 Å². The first kappa shape index (κ1) is 21.5. The number of halogens is 13. The van der Waals surface area contributed by atoms with Gasteiger partial charge in [0.2, 0.25) is 0 Å². The van der Waals surface area contributed by atoms with Gasteiger partial charge in [-0.25, -0.2) is 5.84 Å². The van der Waals surface area contributed by atoms with Crippen molar-refractivity contribution < 1.29 is 61.9 Å². The molecule has 3 N–H and O–H groups in total. The van der Waals surface area contributed by atoms with E-state index in [4.69, 9.17) is 0 Å². The highest BCUT2D eigenvalue weighted by Gasteiger charge is 2.91. The maximum Gasteiger partial charge on any atom is 0.460 e. The molecule has 0 spiro atoms. The molecule has 0 bridgehead atoms. The smallest absolute Gasteiger partial charge is 0.289 e. The molecule has 0 saturated heterocycles. The van der Waals surface area contributed by atoms with Crippen LogP contribution in [0.2, 0.25) is 0 Å². The van der Waals surface area contributed by atoms with E-state index in [-0.39, 0.29) is 5.43 Å². The van der Waals surface area contributed by atoms with E-state index in [0.29, 0.717) is 0 Å². The predicted molar refractivity (Wildman–Crippen MR) is 43.1 cm³/mol. The van der Waals surface area contributed by atoms with Crippen LogP contribution in [0.4, 0.5) is 57.1 Å². The van der Waals surface area contributed by atoms with Gasteiger partial charge in [0.25, 0.3) is 0 Å². The van der Waals surface area contributed by atoms with Crippen molar-refractivity contribution in [3.8, 4) is 0 Å². The molecule has 0 aliphatic rings. The van der Waals surface area contributed by atoms with Gasteiger partial charge in [0.15, 0.2) is 0 Å². The summed E-state index contributed by atoms with van der Waals surface area (Å²) in [7, 11) is 0. The Hall–Kier alpha value is -1.48. The Bertz CT molecular complexity index is 467. The van der Waals surface area contributed by atoms with Crippen molar-refractivity contribution in [1.29, 1.82) is 0 Å². The zero-order chi connectivity index (χ0) is 19.3. The molecule has 0 radical (unpaired) electrons.